The van der Waals surface area contributed by atoms with Gasteiger partial charge < -0.3 is 4.74 Å². The minimum atomic E-state index is -3.67. The second-order valence-electron chi connectivity index (χ2n) is 4.11. The topological polar surface area (TPSA) is 63.7 Å². The van der Waals surface area contributed by atoms with Crippen LogP contribution in [-0.2, 0) is 19.6 Å². The molecule has 0 aliphatic rings. The van der Waals surface area contributed by atoms with Gasteiger partial charge in [0, 0.05) is 11.4 Å². The summed E-state index contributed by atoms with van der Waals surface area (Å²) >= 11 is 4.64. The number of hydrogen-bond donors (Lipinski definition) is 0. The van der Waals surface area contributed by atoms with Crippen molar-refractivity contribution in [1.82, 2.24) is 4.31 Å². The molecule has 0 atom stereocenters. The third kappa shape index (κ3) is 4.28. The summed E-state index contributed by atoms with van der Waals surface area (Å²) in [5, 5.41) is 0. The Kier molecular flexibility index (Phi) is 6.63. The standard InChI is InChI=1S/C12H18BrNO4S2/c1-4-6-14(8-12(15)18-5-2)20(16,17)10-7-11(13)19-9(10)3/h7H,4-6,8H2,1-3H3. The fraction of sp³-hybridized carbons (Fsp3) is 0.583. The van der Waals surface area contributed by atoms with Gasteiger partial charge in [-0.05, 0) is 42.3 Å². The van der Waals surface area contributed by atoms with Gasteiger partial charge in [-0.1, -0.05) is 6.92 Å². The highest BCUT2D eigenvalue weighted by atomic mass is 79.9. The monoisotopic (exact) mass is 383 g/mol. The number of halogens is 1. The van der Waals surface area contributed by atoms with Crippen molar-refractivity contribution in [2.75, 3.05) is 19.7 Å². The van der Waals surface area contributed by atoms with Crippen molar-refractivity contribution in [3.8, 4) is 0 Å². The molecule has 1 aromatic heterocycles. The Morgan fingerprint density at radius 3 is 2.55 bits per heavy atom. The van der Waals surface area contributed by atoms with Gasteiger partial charge in [-0.15, -0.1) is 11.3 Å². The Morgan fingerprint density at radius 2 is 2.10 bits per heavy atom. The van der Waals surface area contributed by atoms with Crippen LogP contribution in [0, 0.1) is 6.92 Å². The van der Waals surface area contributed by atoms with E-state index < -0.39 is 16.0 Å². The molecular weight excluding hydrogens is 366 g/mol. The lowest BCUT2D eigenvalue weighted by molar-refractivity contribution is -0.143. The molecule has 1 rings (SSSR count). The van der Waals surface area contributed by atoms with Crippen LogP contribution < -0.4 is 0 Å². The van der Waals surface area contributed by atoms with Gasteiger partial charge in [-0.25, -0.2) is 8.42 Å². The molecule has 0 saturated carbocycles. The van der Waals surface area contributed by atoms with Gasteiger partial charge in [0.05, 0.1) is 15.3 Å². The van der Waals surface area contributed by atoms with Crippen molar-refractivity contribution in [3.63, 3.8) is 0 Å². The van der Waals surface area contributed by atoms with E-state index in [1.54, 1.807) is 19.9 Å². The van der Waals surface area contributed by atoms with E-state index in [0.29, 0.717) is 11.3 Å². The van der Waals surface area contributed by atoms with E-state index in [0.717, 1.165) is 3.79 Å². The molecule has 0 radical (unpaired) electrons. The molecule has 114 valence electrons. The van der Waals surface area contributed by atoms with Crippen LogP contribution in [-0.4, -0.2) is 38.4 Å². The minimum Gasteiger partial charge on any atom is -0.465 e. The van der Waals surface area contributed by atoms with Crippen LogP contribution >= 0.6 is 27.3 Å². The van der Waals surface area contributed by atoms with Gasteiger partial charge in [-0.3, -0.25) is 4.79 Å². The summed E-state index contributed by atoms with van der Waals surface area (Å²) in [5.41, 5.74) is 0. The summed E-state index contributed by atoms with van der Waals surface area (Å²) in [7, 11) is -3.67. The number of nitrogens with zero attached hydrogens (tertiary/aromatic N) is 1. The zero-order valence-corrected chi connectivity index (χ0v) is 14.9. The maximum atomic E-state index is 12.6. The third-order valence-electron chi connectivity index (χ3n) is 2.54. The van der Waals surface area contributed by atoms with Crippen LogP contribution in [0.15, 0.2) is 14.7 Å². The lowest BCUT2D eigenvalue weighted by Crippen LogP contribution is -2.37. The highest BCUT2D eigenvalue weighted by Gasteiger charge is 2.29. The highest BCUT2D eigenvalue weighted by Crippen LogP contribution is 2.31. The van der Waals surface area contributed by atoms with Crippen molar-refractivity contribution in [1.29, 1.82) is 0 Å². The Labute approximate surface area is 132 Å². The maximum Gasteiger partial charge on any atom is 0.321 e. The van der Waals surface area contributed by atoms with Crippen LogP contribution in [0.25, 0.3) is 0 Å². The first-order valence-corrected chi connectivity index (χ1v) is 9.29. The van der Waals surface area contributed by atoms with Gasteiger partial charge in [0.15, 0.2) is 0 Å². The number of thiophene rings is 1. The zero-order valence-electron chi connectivity index (χ0n) is 11.7. The Hall–Kier alpha value is -0.440. The van der Waals surface area contributed by atoms with Crippen LogP contribution in [0.4, 0.5) is 0 Å². The van der Waals surface area contributed by atoms with Crippen molar-refractivity contribution < 1.29 is 17.9 Å². The summed E-state index contributed by atoms with van der Waals surface area (Å²) in [6, 6.07) is 1.57. The molecule has 0 aliphatic heterocycles. The molecule has 0 bridgehead atoms. The van der Waals surface area contributed by atoms with Gasteiger partial charge >= 0.3 is 5.97 Å². The number of esters is 1. The second kappa shape index (κ2) is 7.53. The molecule has 1 heterocycles. The molecule has 0 unspecified atom stereocenters. The summed E-state index contributed by atoms with van der Waals surface area (Å²) in [6.45, 7) is 5.57. The van der Waals surface area contributed by atoms with E-state index in [1.165, 1.54) is 15.6 Å². The smallest absolute Gasteiger partial charge is 0.321 e. The lowest BCUT2D eigenvalue weighted by Gasteiger charge is -2.20. The first-order chi connectivity index (χ1) is 9.32. The number of carbonyl (C=O) groups excluding carboxylic acids is 1. The highest BCUT2D eigenvalue weighted by molar-refractivity contribution is 9.11. The number of sulfonamides is 1. The SMILES string of the molecule is CCCN(CC(=O)OCC)S(=O)(=O)c1cc(Br)sc1C. The van der Waals surface area contributed by atoms with E-state index >= 15 is 0 Å². The van der Waals surface area contributed by atoms with E-state index in [9.17, 15) is 13.2 Å². The van der Waals surface area contributed by atoms with E-state index in [1.807, 2.05) is 6.92 Å². The van der Waals surface area contributed by atoms with Crippen molar-refractivity contribution in [2.24, 2.45) is 0 Å². The average Bonchev–Trinajstić information content (AvgIpc) is 2.69. The summed E-state index contributed by atoms with van der Waals surface area (Å²) in [5.74, 6) is -0.531. The van der Waals surface area contributed by atoms with Crippen LogP contribution in [0.1, 0.15) is 25.1 Å². The number of rotatable bonds is 7. The summed E-state index contributed by atoms with van der Waals surface area (Å²) in [4.78, 5) is 12.5. The summed E-state index contributed by atoms with van der Waals surface area (Å²) in [6.07, 6.45) is 0.628. The van der Waals surface area contributed by atoms with Crippen LogP contribution in [0.3, 0.4) is 0 Å². The van der Waals surface area contributed by atoms with Gasteiger partial charge in [0.25, 0.3) is 0 Å². The summed E-state index contributed by atoms with van der Waals surface area (Å²) < 4.78 is 32.0. The fourth-order valence-electron chi connectivity index (χ4n) is 1.71. The zero-order chi connectivity index (χ0) is 15.3. The Morgan fingerprint density at radius 1 is 1.45 bits per heavy atom. The van der Waals surface area contributed by atoms with Gasteiger partial charge in [0.2, 0.25) is 10.0 Å². The molecule has 0 amide bonds. The third-order valence-corrected chi connectivity index (χ3v) is 6.20. The number of hydrogen-bond acceptors (Lipinski definition) is 5. The number of carbonyl (C=O) groups is 1. The molecule has 5 nitrogen and oxygen atoms in total. The first kappa shape index (κ1) is 17.6. The molecule has 20 heavy (non-hydrogen) atoms. The molecule has 0 aromatic carbocycles. The van der Waals surface area contributed by atoms with Crippen molar-refractivity contribution in [3.05, 3.63) is 14.7 Å². The van der Waals surface area contributed by atoms with Crippen LogP contribution in [0.5, 0.6) is 0 Å². The number of ether oxygens (including phenoxy) is 1. The van der Waals surface area contributed by atoms with E-state index in [4.69, 9.17) is 4.74 Å². The molecule has 0 N–H and O–H groups in total. The van der Waals surface area contributed by atoms with Crippen LogP contribution in [0.2, 0.25) is 0 Å². The Balaban J connectivity index is 3.06. The molecule has 0 aliphatic carbocycles. The molecule has 1 aromatic rings. The van der Waals surface area contributed by atoms with Gasteiger partial charge in [-0.2, -0.15) is 4.31 Å². The Bertz CT molecular complexity index is 568. The number of aryl methyl sites for hydroxylation is 1. The lowest BCUT2D eigenvalue weighted by atomic mass is 10.5. The van der Waals surface area contributed by atoms with Crippen molar-refractivity contribution >= 4 is 43.3 Å². The molecular formula is C12H18BrNO4S2. The molecule has 0 spiro atoms. The minimum absolute atomic E-state index is 0.238. The first-order valence-electron chi connectivity index (χ1n) is 6.24. The average molecular weight is 384 g/mol. The molecule has 0 fully saturated rings. The second-order valence-corrected chi connectivity index (χ2v) is 8.66. The fourth-order valence-corrected chi connectivity index (χ4v) is 5.57. The normalized spacial score (nSPS) is 11.8. The predicted octanol–water partition coefficient (Wildman–Crippen LogP) is 2.78. The van der Waals surface area contributed by atoms with E-state index in [-0.39, 0.29) is 24.6 Å². The predicted molar refractivity (Wildman–Crippen MR) is 82.4 cm³/mol. The largest absolute Gasteiger partial charge is 0.465 e. The molecule has 0 saturated heterocycles. The van der Waals surface area contributed by atoms with E-state index in [2.05, 4.69) is 15.9 Å². The van der Waals surface area contributed by atoms with Gasteiger partial charge in [0.1, 0.15) is 6.54 Å². The molecule has 8 heteroatoms. The maximum absolute atomic E-state index is 12.6. The van der Waals surface area contributed by atoms with Crippen molar-refractivity contribution in [2.45, 2.75) is 32.1 Å². The quantitative estimate of drug-likeness (QED) is 0.679.